The maximum atomic E-state index is 13.0. The Labute approximate surface area is 178 Å². The zero-order valence-corrected chi connectivity index (χ0v) is 17.9. The normalized spacial score (nSPS) is 18.5. The highest BCUT2D eigenvalue weighted by Crippen LogP contribution is 2.41. The summed E-state index contributed by atoms with van der Waals surface area (Å²) in [6, 6.07) is 3.17. The van der Waals surface area contributed by atoms with E-state index in [1.54, 1.807) is 36.1 Å². The Morgan fingerprint density at radius 1 is 1.27 bits per heavy atom. The number of likely N-dealkylation sites (tertiary alicyclic amines) is 1. The number of Topliss-reactive ketones (excluding diaryl/α,β-unsaturated/α-hetero) is 1. The summed E-state index contributed by atoms with van der Waals surface area (Å²) in [7, 11) is 1.78. The largest absolute Gasteiger partial charge is 0.507 e. The third-order valence-electron chi connectivity index (χ3n) is 5.47. The van der Waals surface area contributed by atoms with Crippen LogP contribution in [0.25, 0.3) is 5.76 Å². The van der Waals surface area contributed by atoms with Gasteiger partial charge in [0.1, 0.15) is 5.76 Å². The van der Waals surface area contributed by atoms with E-state index in [2.05, 4.69) is 10.1 Å². The number of carbonyl (C=O) groups excluding carboxylic acids is 2. The third-order valence-corrected chi connectivity index (χ3v) is 6.40. The van der Waals surface area contributed by atoms with Gasteiger partial charge in [0.25, 0.3) is 11.7 Å². The highest BCUT2D eigenvalue weighted by atomic mass is 32.1. The number of thiophene rings is 1. The van der Waals surface area contributed by atoms with Gasteiger partial charge in [0.15, 0.2) is 0 Å². The van der Waals surface area contributed by atoms with Crippen LogP contribution >= 0.6 is 11.3 Å². The van der Waals surface area contributed by atoms with Gasteiger partial charge in [-0.1, -0.05) is 6.07 Å². The number of imidazole rings is 1. The standard InChI is InChI=1S/C21H23N5O3S/c1-13-16(14(2)24(3)23-13)19(27)17-18(15-6-4-11-30-15)26(21(29)20(17)28)9-5-8-25-10-7-22-12-25/h4,6-7,10-12,18,27H,5,8-9H2,1-3H3/b19-17+. The SMILES string of the molecule is Cc1nn(C)c(C)c1/C(O)=C1\C(=O)C(=O)N(CCCn2ccnc2)C1c1cccs1. The summed E-state index contributed by atoms with van der Waals surface area (Å²) in [5.74, 6) is -1.40. The van der Waals surface area contributed by atoms with E-state index in [4.69, 9.17) is 0 Å². The van der Waals surface area contributed by atoms with Crippen molar-refractivity contribution < 1.29 is 14.7 Å². The van der Waals surface area contributed by atoms with E-state index in [9.17, 15) is 14.7 Å². The van der Waals surface area contributed by atoms with E-state index in [0.29, 0.717) is 30.8 Å². The minimum absolute atomic E-state index is 0.129. The zero-order chi connectivity index (χ0) is 21.4. The first-order valence-corrected chi connectivity index (χ1v) is 10.6. The lowest BCUT2D eigenvalue weighted by Crippen LogP contribution is -2.31. The van der Waals surface area contributed by atoms with Crippen LogP contribution in [0.5, 0.6) is 0 Å². The molecule has 4 rings (SSSR count). The van der Waals surface area contributed by atoms with E-state index in [0.717, 1.165) is 10.6 Å². The lowest BCUT2D eigenvalue weighted by molar-refractivity contribution is -0.139. The van der Waals surface area contributed by atoms with Gasteiger partial charge in [0.05, 0.1) is 29.2 Å². The fourth-order valence-electron chi connectivity index (χ4n) is 3.95. The topological polar surface area (TPSA) is 93.2 Å². The van der Waals surface area contributed by atoms with Crippen LogP contribution in [-0.2, 0) is 23.2 Å². The molecule has 1 amide bonds. The molecule has 1 N–H and O–H groups in total. The molecule has 1 atom stereocenters. The molecule has 9 heteroatoms. The Bertz CT molecular complexity index is 1110. The molecular weight excluding hydrogens is 402 g/mol. The molecule has 156 valence electrons. The number of hydrogen-bond donors (Lipinski definition) is 1. The summed E-state index contributed by atoms with van der Waals surface area (Å²) in [6.45, 7) is 4.69. The quantitative estimate of drug-likeness (QED) is 0.372. The summed E-state index contributed by atoms with van der Waals surface area (Å²) in [6.07, 6.45) is 5.95. The Kier molecular flexibility index (Phi) is 5.29. The molecule has 0 spiro atoms. The van der Waals surface area contributed by atoms with Gasteiger partial charge in [0, 0.05) is 43.1 Å². The number of amides is 1. The minimum atomic E-state index is -0.656. The van der Waals surface area contributed by atoms with E-state index < -0.39 is 17.7 Å². The lowest BCUT2D eigenvalue weighted by Gasteiger charge is -2.24. The molecule has 0 saturated carbocycles. The van der Waals surface area contributed by atoms with Crippen molar-refractivity contribution in [2.75, 3.05) is 6.54 Å². The van der Waals surface area contributed by atoms with Crippen molar-refractivity contribution in [3.63, 3.8) is 0 Å². The second-order valence-corrected chi connectivity index (χ2v) is 8.31. The average molecular weight is 426 g/mol. The van der Waals surface area contributed by atoms with Crippen LogP contribution in [0.15, 0.2) is 41.8 Å². The molecule has 4 heterocycles. The van der Waals surface area contributed by atoms with Crippen LogP contribution in [0.2, 0.25) is 0 Å². The summed E-state index contributed by atoms with van der Waals surface area (Å²) in [5, 5.41) is 17.4. The maximum absolute atomic E-state index is 13.0. The molecule has 3 aromatic heterocycles. The summed E-state index contributed by atoms with van der Waals surface area (Å²) < 4.78 is 3.59. The predicted molar refractivity (Wildman–Crippen MR) is 113 cm³/mol. The van der Waals surface area contributed by atoms with Crippen molar-refractivity contribution in [1.29, 1.82) is 0 Å². The number of aliphatic hydroxyl groups is 1. The molecule has 30 heavy (non-hydrogen) atoms. The van der Waals surface area contributed by atoms with E-state index >= 15 is 0 Å². The fraction of sp³-hybridized carbons (Fsp3) is 0.333. The first-order chi connectivity index (χ1) is 14.4. The lowest BCUT2D eigenvalue weighted by atomic mass is 9.99. The van der Waals surface area contributed by atoms with Crippen molar-refractivity contribution in [1.82, 2.24) is 24.2 Å². The number of nitrogens with zero attached hydrogens (tertiary/aromatic N) is 5. The van der Waals surface area contributed by atoms with Gasteiger partial charge >= 0.3 is 0 Å². The van der Waals surface area contributed by atoms with Crippen LogP contribution in [0.1, 0.15) is 34.3 Å². The molecule has 1 unspecified atom stereocenters. The number of aromatic nitrogens is 4. The van der Waals surface area contributed by atoms with Gasteiger partial charge in [-0.05, 0) is 31.7 Å². The smallest absolute Gasteiger partial charge is 0.295 e. The highest BCUT2D eigenvalue weighted by Gasteiger charge is 2.46. The molecule has 0 radical (unpaired) electrons. The van der Waals surface area contributed by atoms with E-state index in [-0.39, 0.29) is 11.3 Å². The first-order valence-electron chi connectivity index (χ1n) is 9.68. The Hall–Kier alpha value is -3.20. The van der Waals surface area contributed by atoms with Gasteiger partial charge in [-0.25, -0.2) is 4.98 Å². The molecule has 1 aliphatic rings. The molecule has 1 aliphatic heterocycles. The van der Waals surface area contributed by atoms with Gasteiger partial charge in [0.2, 0.25) is 0 Å². The molecule has 1 fully saturated rings. The molecular formula is C21H23N5O3S. The highest BCUT2D eigenvalue weighted by molar-refractivity contribution is 7.10. The monoisotopic (exact) mass is 425 g/mol. The minimum Gasteiger partial charge on any atom is -0.507 e. The summed E-state index contributed by atoms with van der Waals surface area (Å²) >= 11 is 1.46. The number of carbonyl (C=O) groups is 2. The van der Waals surface area contributed by atoms with E-state index in [1.807, 2.05) is 35.2 Å². The van der Waals surface area contributed by atoms with Crippen molar-refractivity contribution in [3.8, 4) is 0 Å². The summed E-state index contributed by atoms with van der Waals surface area (Å²) in [5.41, 5.74) is 1.99. The second kappa shape index (κ2) is 7.91. The molecule has 1 saturated heterocycles. The number of hydrogen-bond acceptors (Lipinski definition) is 6. The third kappa shape index (κ3) is 3.35. The Morgan fingerprint density at radius 3 is 2.67 bits per heavy atom. The van der Waals surface area contributed by atoms with Gasteiger partial charge in [-0.2, -0.15) is 5.10 Å². The van der Waals surface area contributed by atoms with E-state index in [1.165, 1.54) is 11.3 Å². The molecule has 3 aromatic rings. The Balaban J connectivity index is 1.74. The number of aliphatic hydroxyl groups excluding tert-OH is 1. The predicted octanol–water partition coefficient (Wildman–Crippen LogP) is 2.81. The maximum Gasteiger partial charge on any atom is 0.295 e. The summed E-state index contributed by atoms with van der Waals surface area (Å²) in [4.78, 5) is 32.4. The second-order valence-electron chi connectivity index (χ2n) is 7.33. The fourth-order valence-corrected chi connectivity index (χ4v) is 4.79. The van der Waals surface area contributed by atoms with Crippen LogP contribution in [0.3, 0.4) is 0 Å². The van der Waals surface area contributed by atoms with Crippen LogP contribution in [0, 0.1) is 13.8 Å². The Morgan fingerprint density at radius 2 is 2.07 bits per heavy atom. The molecule has 0 bridgehead atoms. The van der Waals surface area contributed by atoms with Crippen molar-refractivity contribution in [2.45, 2.75) is 32.9 Å². The average Bonchev–Trinajstić information content (AvgIpc) is 3.48. The molecule has 0 aliphatic carbocycles. The van der Waals surface area contributed by atoms with Crippen LogP contribution in [0.4, 0.5) is 0 Å². The first kappa shape index (κ1) is 20.1. The number of aryl methyl sites for hydroxylation is 3. The van der Waals surface area contributed by atoms with Crippen molar-refractivity contribution >= 4 is 28.8 Å². The molecule has 8 nitrogen and oxygen atoms in total. The van der Waals surface area contributed by atoms with Gasteiger partial charge in [-0.3, -0.25) is 14.3 Å². The van der Waals surface area contributed by atoms with Crippen LogP contribution in [-0.4, -0.2) is 47.6 Å². The zero-order valence-electron chi connectivity index (χ0n) is 17.1. The molecule has 0 aromatic carbocycles. The number of rotatable bonds is 6. The number of ketones is 1. The van der Waals surface area contributed by atoms with Gasteiger partial charge in [-0.15, -0.1) is 11.3 Å². The van der Waals surface area contributed by atoms with Gasteiger partial charge < -0.3 is 14.6 Å². The van der Waals surface area contributed by atoms with Crippen LogP contribution < -0.4 is 0 Å². The van der Waals surface area contributed by atoms with Crippen molar-refractivity contribution in [3.05, 3.63) is 63.6 Å². The van der Waals surface area contributed by atoms with Crippen molar-refractivity contribution in [2.24, 2.45) is 7.05 Å².